The van der Waals surface area contributed by atoms with Gasteiger partial charge in [-0.05, 0) is 32.4 Å². The van der Waals surface area contributed by atoms with Crippen molar-refractivity contribution in [2.24, 2.45) is 0 Å². The van der Waals surface area contributed by atoms with Crippen LogP contribution in [0.5, 0.6) is 0 Å². The Labute approximate surface area is 193 Å². The van der Waals surface area contributed by atoms with Gasteiger partial charge in [0, 0.05) is 19.4 Å². The molecule has 2 aromatic rings. The van der Waals surface area contributed by atoms with Crippen LogP contribution in [0.25, 0.3) is 0 Å². The maximum Gasteiger partial charge on any atom is 0.333 e. The number of carbonyl (C=O) groups is 3. The molecule has 2 heterocycles. The van der Waals surface area contributed by atoms with Gasteiger partial charge in [-0.3, -0.25) is 23.7 Å². The Balaban J connectivity index is 2.06. The fraction of sp³-hybridized carbons (Fsp3) is 0.435. The highest BCUT2D eigenvalue weighted by Crippen LogP contribution is 2.33. The Morgan fingerprint density at radius 2 is 1.68 bits per heavy atom. The molecule has 1 aliphatic heterocycles. The number of hydrogen-bond acceptors (Lipinski definition) is 8. The second-order valence-corrected chi connectivity index (χ2v) is 8.18. The first kappa shape index (κ1) is 25.0. The van der Waals surface area contributed by atoms with Gasteiger partial charge in [0.25, 0.3) is 5.56 Å². The fourth-order valence-electron chi connectivity index (χ4n) is 3.87. The summed E-state index contributed by atoms with van der Waals surface area (Å²) in [6.45, 7) is 6.55. The zero-order valence-electron chi connectivity index (χ0n) is 19.4. The summed E-state index contributed by atoms with van der Waals surface area (Å²) in [5.74, 6) is -3.31. The lowest BCUT2D eigenvalue weighted by molar-refractivity contribution is -0.165. The molecule has 1 fully saturated rings. The standard InChI is InChI=1S/C23H25FN2O8/c1-11-6-7-12(2)16(8-11)18(29)10-25-21(30)17(24)9-26(23(25)31)22-20(34-15(5)28)19(13(3)32-22)33-14(4)27/h6-9,13,19-20,22H,10H2,1-5H3/t13-,19-,20-,22-/m1/s1. The number of aryl methyl sites for hydroxylation is 2. The minimum atomic E-state index is -1.41. The number of benzene rings is 1. The van der Waals surface area contributed by atoms with Crippen molar-refractivity contribution >= 4 is 17.7 Å². The van der Waals surface area contributed by atoms with E-state index in [1.54, 1.807) is 32.0 Å². The van der Waals surface area contributed by atoms with Crippen LogP contribution in [-0.2, 0) is 30.3 Å². The van der Waals surface area contributed by atoms with E-state index in [4.69, 9.17) is 14.2 Å². The number of nitrogens with zero attached hydrogens (tertiary/aromatic N) is 2. The zero-order chi connectivity index (χ0) is 25.3. The third-order valence-electron chi connectivity index (χ3n) is 5.45. The lowest BCUT2D eigenvalue weighted by Crippen LogP contribution is -2.46. The normalized spacial score (nSPS) is 21.8. The number of ether oxygens (including phenoxy) is 3. The van der Waals surface area contributed by atoms with Crippen LogP contribution >= 0.6 is 0 Å². The molecule has 4 atom stereocenters. The maximum absolute atomic E-state index is 14.6. The first-order valence-electron chi connectivity index (χ1n) is 10.5. The van der Waals surface area contributed by atoms with Crippen LogP contribution in [-0.4, -0.2) is 45.2 Å². The van der Waals surface area contributed by atoms with Gasteiger partial charge in [0.05, 0.1) is 18.8 Å². The average molecular weight is 476 g/mol. The van der Waals surface area contributed by atoms with Crippen LogP contribution in [0.4, 0.5) is 4.39 Å². The number of rotatable bonds is 6. The van der Waals surface area contributed by atoms with E-state index < -0.39 is 65.9 Å². The number of ketones is 1. The van der Waals surface area contributed by atoms with Gasteiger partial charge in [-0.1, -0.05) is 17.7 Å². The summed E-state index contributed by atoms with van der Waals surface area (Å²) in [6, 6.07) is 5.14. The Bertz CT molecular complexity index is 1260. The predicted octanol–water partition coefficient (Wildman–Crippen LogP) is 1.43. The summed E-state index contributed by atoms with van der Waals surface area (Å²) in [4.78, 5) is 61.7. The number of Topliss-reactive ketones (excluding diaryl/α,β-unsaturated/α-hetero) is 1. The highest BCUT2D eigenvalue weighted by Gasteiger charge is 2.48. The molecule has 0 spiro atoms. The van der Waals surface area contributed by atoms with E-state index in [-0.39, 0.29) is 0 Å². The van der Waals surface area contributed by atoms with Gasteiger partial charge in [-0.15, -0.1) is 0 Å². The monoisotopic (exact) mass is 476 g/mol. The second kappa shape index (κ2) is 9.72. The topological polar surface area (TPSA) is 123 Å². The van der Waals surface area contributed by atoms with Crippen LogP contribution in [0, 0.1) is 19.7 Å². The van der Waals surface area contributed by atoms with E-state index in [1.807, 2.05) is 0 Å². The van der Waals surface area contributed by atoms with E-state index in [1.165, 1.54) is 6.92 Å². The minimum Gasteiger partial charge on any atom is -0.456 e. The van der Waals surface area contributed by atoms with Crippen molar-refractivity contribution in [1.82, 2.24) is 9.13 Å². The third-order valence-corrected chi connectivity index (χ3v) is 5.45. The molecule has 11 heteroatoms. The molecule has 1 aromatic heterocycles. The number of aromatic nitrogens is 2. The Kier molecular flexibility index (Phi) is 7.15. The van der Waals surface area contributed by atoms with E-state index in [2.05, 4.69) is 0 Å². The molecule has 0 aliphatic carbocycles. The van der Waals surface area contributed by atoms with Crippen LogP contribution in [0.2, 0.25) is 0 Å². The number of esters is 2. The smallest absolute Gasteiger partial charge is 0.333 e. The van der Waals surface area contributed by atoms with Crippen molar-refractivity contribution in [2.45, 2.75) is 65.7 Å². The minimum absolute atomic E-state index is 0.292. The van der Waals surface area contributed by atoms with E-state index in [9.17, 15) is 28.4 Å². The summed E-state index contributed by atoms with van der Waals surface area (Å²) in [6.07, 6.45) is -4.00. The molecule has 0 unspecified atom stereocenters. The average Bonchev–Trinajstić information content (AvgIpc) is 3.03. The summed E-state index contributed by atoms with van der Waals surface area (Å²) in [5, 5.41) is 0. The van der Waals surface area contributed by atoms with Gasteiger partial charge >= 0.3 is 17.6 Å². The number of carbonyl (C=O) groups excluding carboxylic acids is 3. The predicted molar refractivity (Wildman–Crippen MR) is 116 cm³/mol. The van der Waals surface area contributed by atoms with Crippen molar-refractivity contribution in [1.29, 1.82) is 0 Å². The van der Waals surface area contributed by atoms with Crippen molar-refractivity contribution in [3.05, 3.63) is 67.7 Å². The molecule has 0 bridgehead atoms. The molecule has 0 radical (unpaired) electrons. The fourth-order valence-corrected chi connectivity index (χ4v) is 3.87. The maximum atomic E-state index is 14.6. The highest BCUT2D eigenvalue weighted by atomic mass is 19.1. The summed E-state index contributed by atoms with van der Waals surface area (Å²) in [7, 11) is 0. The van der Waals surface area contributed by atoms with Gasteiger partial charge in [-0.2, -0.15) is 4.39 Å². The molecular formula is C23H25FN2O8. The van der Waals surface area contributed by atoms with E-state index in [0.29, 0.717) is 21.9 Å². The summed E-state index contributed by atoms with van der Waals surface area (Å²) >= 11 is 0. The van der Waals surface area contributed by atoms with Crippen molar-refractivity contribution in [3.8, 4) is 0 Å². The Morgan fingerprint density at radius 3 is 2.29 bits per heavy atom. The van der Waals surface area contributed by atoms with Crippen LogP contribution < -0.4 is 11.2 Å². The van der Waals surface area contributed by atoms with E-state index >= 15 is 0 Å². The lowest BCUT2D eigenvalue weighted by atomic mass is 10.0. The highest BCUT2D eigenvalue weighted by molar-refractivity contribution is 5.97. The summed E-state index contributed by atoms with van der Waals surface area (Å²) in [5.41, 5.74) is -0.616. The number of hydrogen-bond donors (Lipinski definition) is 0. The molecular weight excluding hydrogens is 451 g/mol. The van der Waals surface area contributed by atoms with Crippen LogP contribution in [0.3, 0.4) is 0 Å². The van der Waals surface area contributed by atoms with Gasteiger partial charge in [0.15, 0.2) is 24.2 Å². The molecule has 0 N–H and O–H groups in total. The Morgan fingerprint density at radius 1 is 1.06 bits per heavy atom. The molecule has 3 rings (SSSR count). The van der Waals surface area contributed by atoms with Gasteiger partial charge in [0.2, 0.25) is 5.82 Å². The van der Waals surface area contributed by atoms with Gasteiger partial charge < -0.3 is 14.2 Å². The van der Waals surface area contributed by atoms with Crippen molar-refractivity contribution < 1.29 is 33.0 Å². The first-order chi connectivity index (χ1) is 15.9. The molecule has 182 valence electrons. The van der Waals surface area contributed by atoms with E-state index in [0.717, 1.165) is 24.0 Å². The number of halogens is 1. The first-order valence-corrected chi connectivity index (χ1v) is 10.5. The molecule has 10 nitrogen and oxygen atoms in total. The summed E-state index contributed by atoms with van der Waals surface area (Å²) < 4.78 is 31.9. The van der Waals surface area contributed by atoms with Crippen LogP contribution in [0.1, 0.15) is 48.5 Å². The quantitative estimate of drug-likeness (QED) is 0.453. The molecule has 0 saturated carbocycles. The SMILES string of the molecule is CC(=O)O[C@@H]1[C@H](OC(C)=O)[C@@H](C)O[C@H]1n1cc(F)c(=O)n(CC(=O)c2cc(C)ccc2C)c1=O. The molecule has 1 aromatic carbocycles. The zero-order valence-corrected chi connectivity index (χ0v) is 19.4. The lowest BCUT2D eigenvalue weighted by Gasteiger charge is -2.24. The van der Waals surface area contributed by atoms with Crippen molar-refractivity contribution in [2.75, 3.05) is 0 Å². The largest absolute Gasteiger partial charge is 0.456 e. The van der Waals surface area contributed by atoms with Crippen molar-refractivity contribution in [3.63, 3.8) is 0 Å². The van der Waals surface area contributed by atoms with Gasteiger partial charge in [-0.25, -0.2) is 9.36 Å². The molecule has 1 saturated heterocycles. The molecule has 0 amide bonds. The third kappa shape index (κ3) is 4.98. The second-order valence-electron chi connectivity index (χ2n) is 8.18. The Hall–Kier alpha value is -3.60. The molecule has 1 aliphatic rings. The molecule has 34 heavy (non-hydrogen) atoms. The van der Waals surface area contributed by atoms with Crippen LogP contribution in [0.15, 0.2) is 34.0 Å². The van der Waals surface area contributed by atoms with Gasteiger partial charge in [0.1, 0.15) is 0 Å².